The lowest BCUT2D eigenvalue weighted by Gasteiger charge is -2.48. The van der Waals surface area contributed by atoms with Crippen molar-refractivity contribution in [3.8, 4) is 0 Å². The quantitative estimate of drug-likeness (QED) is 0.292. The van der Waals surface area contributed by atoms with E-state index >= 15 is 0 Å². The highest BCUT2D eigenvalue weighted by Gasteiger charge is 2.52. The summed E-state index contributed by atoms with van der Waals surface area (Å²) in [5, 5.41) is 23.8. The van der Waals surface area contributed by atoms with Gasteiger partial charge in [0.05, 0.1) is 24.3 Å². The SMILES string of the molecule is CN[C@]1(O)C[C@@H](O[C@@H]2O[C@H](CN)CC[C@H]2N)[C@H](N)[C@@H](O)[C@@H]1OC. The molecule has 2 rings (SSSR count). The van der Waals surface area contributed by atoms with Crippen LogP contribution in [0.3, 0.4) is 0 Å². The van der Waals surface area contributed by atoms with Crippen LogP contribution in [0.4, 0.5) is 0 Å². The standard InChI is InChI=1S/C14H30N4O5/c1-18-14(20)5-9(10(17)11(19)12(14)21-2)23-13-8(16)4-3-7(6-15)22-13/h7-13,18-20H,3-6,15-17H2,1-2H3/t7-,8+,9+,10-,11+,12-,13-,14-/m0/s1. The first kappa shape index (κ1) is 19.0. The Hall–Kier alpha value is -0.360. The molecule has 9 N–H and O–H groups in total. The topological polar surface area (TPSA) is 158 Å². The summed E-state index contributed by atoms with van der Waals surface area (Å²) >= 11 is 0. The fourth-order valence-corrected chi connectivity index (χ4v) is 3.33. The van der Waals surface area contributed by atoms with E-state index in [1.165, 1.54) is 7.11 Å². The van der Waals surface area contributed by atoms with Crippen LogP contribution in [0.15, 0.2) is 0 Å². The first-order chi connectivity index (χ1) is 10.9. The van der Waals surface area contributed by atoms with Crippen LogP contribution in [-0.4, -0.2) is 79.4 Å². The Balaban J connectivity index is 2.09. The molecule has 0 aromatic carbocycles. The van der Waals surface area contributed by atoms with Crippen LogP contribution in [-0.2, 0) is 14.2 Å². The highest BCUT2D eigenvalue weighted by atomic mass is 16.7. The lowest BCUT2D eigenvalue weighted by atomic mass is 9.81. The fourth-order valence-electron chi connectivity index (χ4n) is 3.33. The minimum absolute atomic E-state index is 0.112. The molecule has 9 nitrogen and oxygen atoms in total. The number of likely N-dealkylation sites (N-methyl/N-ethyl adjacent to an activating group) is 1. The zero-order valence-corrected chi connectivity index (χ0v) is 13.7. The van der Waals surface area contributed by atoms with E-state index in [0.717, 1.165) is 12.8 Å². The smallest absolute Gasteiger partial charge is 0.173 e. The molecular weight excluding hydrogens is 304 g/mol. The van der Waals surface area contributed by atoms with Crippen molar-refractivity contribution >= 4 is 0 Å². The number of ether oxygens (including phenoxy) is 3. The van der Waals surface area contributed by atoms with Crippen molar-refractivity contribution in [3.05, 3.63) is 0 Å². The van der Waals surface area contributed by atoms with E-state index < -0.39 is 36.4 Å². The summed E-state index contributed by atoms with van der Waals surface area (Å²) in [5.74, 6) is 0. The zero-order valence-electron chi connectivity index (χ0n) is 13.7. The van der Waals surface area contributed by atoms with Crippen molar-refractivity contribution in [1.29, 1.82) is 0 Å². The molecule has 0 radical (unpaired) electrons. The number of aliphatic hydroxyl groups is 2. The summed E-state index contributed by atoms with van der Waals surface area (Å²) in [7, 11) is 3.00. The summed E-state index contributed by atoms with van der Waals surface area (Å²) in [4.78, 5) is 0. The minimum atomic E-state index is -1.46. The molecule has 8 atom stereocenters. The van der Waals surface area contributed by atoms with Gasteiger partial charge in [-0.25, -0.2) is 0 Å². The van der Waals surface area contributed by atoms with E-state index in [0.29, 0.717) is 6.54 Å². The monoisotopic (exact) mass is 334 g/mol. The summed E-state index contributed by atoms with van der Waals surface area (Å²) in [6.45, 7) is 0.387. The van der Waals surface area contributed by atoms with Gasteiger partial charge in [0.2, 0.25) is 0 Å². The maximum Gasteiger partial charge on any atom is 0.173 e. The van der Waals surface area contributed by atoms with Crippen molar-refractivity contribution in [2.24, 2.45) is 17.2 Å². The van der Waals surface area contributed by atoms with Gasteiger partial charge in [0.15, 0.2) is 6.29 Å². The van der Waals surface area contributed by atoms with Gasteiger partial charge in [0, 0.05) is 20.1 Å². The zero-order chi connectivity index (χ0) is 17.2. The Bertz CT molecular complexity index is 390. The van der Waals surface area contributed by atoms with Crippen LogP contribution in [0.5, 0.6) is 0 Å². The predicted octanol–water partition coefficient (Wildman–Crippen LogP) is -2.82. The number of methoxy groups -OCH3 is 1. The van der Waals surface area contributed by atoms with Gasteiger partial charge in [-0.1, -0.05) is 0 Å². The lowest BCUT2D eigenvalue weighted by Crippen LogP contribution is -2.71. The number of nitrogens with one attached hydrogen (secondary N) is 1. The first-order valence-electron chi connectivity index (χ1n) is 8.00. The predicted molar refractivity (Wildman–Crippen MR) is 83.2 cm³/mol. The molecule has 1 heterocycles. The van der Waals surface area contributed by atoms with E-state index in [-0.39, 0.29) is 18.6 Å². The molecule has 1 aliphatic carbocycles. The van der Waals surface area contributed by atoms with Crippen LogP contribution in [0.1, 0.15) is 19.3 Å². The van der Waals surface area contributed by atoms with Crippen LogP contribution in [0, 0.1) is 0 Å². The Kier molecular flexibility index (Phi) is 6.34. The van der Waals surface area contributed by atoms with Gasteiger partial charge < -0.3 is 41.6 Å². The molecule has 0 unspecified atom stereocenters. The Morgan fingerprint density at radius 3 is 2.61 bits per heavy atom. The van der Waals surface area contributed by atoms with Gasteiger partial charge in [0.25, 0.3) is 0 Å². The molecule has 136 valence electrons. The first-order valence-corrected chi connectivity index (χ1v) is 8.00. The van der Waals surface area contributed by atoms with E-state index in [4.69, 9.17) is 31.4 Å². The fraction of sp³-hybridized carbons (Fsp3) is 1.00. The largest absolute Gasteiger partial charge is 0.389 e. The van der Waals surface area contributed by atoms with Gasteiger partial charge >= 0.3 is 0 Å². The van der Waals surface area contributed by atoms with Crippen molar-refractivity contribution in [3.63, 3.8) is 0 Å². The molecule has 1 saturated carbocycles. The molecular formula is C14H30N4O5. The van der Waals surface area contributed by atoms with Crippen molar-refractivity contribution in [2.75, 3.05) is 20.7 Å². The Morgan fingerprint density at radius 2 is 2.04 bits per heavy atom. The molecule has 0 spiro atoms. The Morgan fingerprint density at radius 1 is 1.35 bits per heavy atom. The van der Waals surface area contributed by atoms with Gasteiger partial charge in [-0.15, -0.1) is 0 Å². The lowest BCUT2D eigenvalue weighted by molar-refractivity contribution is -0.265. The summed E-state index contributed by atoms with van der Waals surface area (Å²) in [6.07, 6.45) is -1.72. The van der Waals surface area contributed by atoms with E-state index in [1.807, 2.05) is 0 Å². The normalized spacial score (nSPS) is 48.4. The summed E-state index contributed by atoms with van der Waals surface area (Å²) in [5.41, 5.74) is 16.3. The second kappa shape index (κ2) is 7.68. The average molecular weight is 334 g/mol. The number of hydrogen-bond acceptors (Lipinski definition) is 9. The third-order valence-electron chi connectivity index (χ3n) is 4.87. The van der Waals surface area contributed by atoms with Crippen molar-refractivity contribution in [2.45, 2.75) is 67.8 Å². The van der Waals surface area contributed by atoms with Crippen molar-refractivity contribution in [1.82, 2.24) is 5.32 Å². The molecule has 2 fully saturated rings. The third-order valence-corrected chi connectivity index (χ3v) is 4.87. The molecule has 0 bridgehead atoms. The number of hydrogen-bond donors (Lipinski definition) is 6. The Labute approximate surface area is 136 Å². The molecule has 0 amide bonds. The average Bonchev–Trinajstić information content (AvgIpc) is 2.54. The van der Waals surface area contributed by atoms with Crippen molar-refractivity contribution < 1.29 is 24.4 Å². The molecule has 1 saturated heterocycles. The molecule has 23 heavy (non-hydrogen) atoms. The summed E-state index contributed by atoms with van der Waals surface area (Å²) < 4.78 is 16.9. The molecule has 0 aromatic heterocycles. The highest BCUT2D eigenvalue weighted by molar-refractivity contribution is 5.04. The van der Waals surface area contributed by atoms with Gasteiger partial charge in [-0.2, -0.15) is 0 Å². The van der Waals surface area contributed by atoms with Crippen LogP contribution >= 0.6 is 0 Å². The van der Waals surface area contributed by atoms with E-state index in [9.17, 15) is 10.2 Å². The second-order valence-electron chi connectivity index (χ2n) is 6.38. The maximum absolute atomic E-state index is 10.7. The number of nitrogens with two attached hydrogens (primary N) is 3. The number of rotatable bonds is 5. The van der Waals surface area contributed by atoms with Crippen LogP contribution in [0.25, 0.3) is 0 Å². The maximum atomic E-state index is 10.7. The highest BCUT2D eigenvalue weighted by Crippen LogP contribution is 2.32. The van der Waals surface area contributed by atoms with Gasteiger partial charge in [-0.05, 0) is 19.9 Å². The third kappa shape index (κ3) is 3.84. The van der Waals surface area contributed by atoms with E-state index in [2.05, 4.69) is 5.32 Å². The van der Waals surface area contributed by atoms with E-state index in [1.54, 1.807) is 7.05 Å². The van der Waals surface area contributed by atoms with Gasteiger partial charge in [0.1, 0.15) is 17.9 Å². The molecule has 9 heteroatoms. The van der Waals surface area contributed by atoms with Crippen LogP contribution in [0.2, 0.25) is 0 Å². The van der Waals surface area contributed by atoms with Crippen LogP contribution < -0.4 is 22.5 Å². The van der Waals surface area contributed by atoms with Gasteiger partial charge in [-0.3, -0.25) is 5.32 Å². The molecule has 2 aliphatic rings. The summed E-state index contributed by atoms with van der Waals surface area (Å²) in [6, 6.07) is -1.03. The molecule has 0 aromatic rings. The molecule has 1 aliphatic heterocycles. The number of aliphatic hydroxyl groups excluding tert-OH is 1. The second-order valence-corrected chi connectivity index (χ2v) is 6.38. The minimum Gasteiger partial charge on any atom is -0.389 e.